The SMILES string of the molecule is CCCCCCCCCCOOC(=O)C(=O)OOCCCCCCCCCC. The molecular formula is C22H42O6. The first-order valence-electron chi connectivity index (χ1n) is 11.4. The number of hydrogen-bond acceptors (Lipinski definition) is 6. The highest BCUT2D eigenvalue weighted by molar-refractivity contribution is 6.29. The molecule has 0 heterocycles. The standard InChI is InChI=1S/C22H42O6/c1-3-5-7-9-11-13-15-17-19-25-27-21(23)22(24)28-26-20-18-16-14-12-10-8-6-4-2/h3-20H2,1-2H3. The van der Waals surface area contributed by atoms with Gasteiger partial charge in [0.2, 0.25) is 0 Å². The Balaban J connectivity index is 3.33. The second-order valence-corrected chi connectivity index (χ2v) is 7.34. The van der Waals surface area contributed by atoms with Gasteiger partial charge in [0.15, 0.2) is 0 Å². The summed E-state index contributed by atoms with van der Waals surface area (Å²) < 4.78 is 0. The minimum absolute atomic E-state index is 0.285. The molecule has 0 saturated heterocycles. The minimum atomic E-state index is -1.18. The van der Waals surface area contributed by atoms with Crippen LogP contribution in [0, 0.1) is 0 Å². The van der Waals surface area contributed by atoms with E-state index >= 15 is 0 Å². The van der Waals surface area contributed by atoms with E-state index in [1.165, 1.54) is 64.2 Å². The van der Waals surface area contributed by atoms with Crippen LogP contribution in [0.15, 0.2) is 0 Å². The van der Waals surface area contributed by atoms with E-state index in [0.29, 0.717) is 0 Å². The van der Waals surface area contributed by atoms with Gasteiger partial charge < -0.3 is 0 Å². The minimum Gasteiger partial charge on any atom is -0.285 e. The molecule has 166 valence electrons. The summed E-state index contributed by atoms with van der Waals surface area (Å²) in [4.78, 5) is 41.1. The molecule has 0 saturated carbocycles. The smallest absolute Gasteiger partial charge is 0.285 e. The van der Waals surface area contributed by atoms with Crippen LogP contribution in [-0.2, 0) is 29.1 Å². The van der Waals surface area contributed by atoms with Crippen LogP contribution in [0.4, 0.5) is 0 Å². The van der Waals surface area contributed by atoms with Crippen LogP contribution in [0.5, 0.6) is 0 Å². The van der Waals surface area contributed by atoms with Crippen molar-refractivity contribution in [2.45, 2.75) is 117 Å². The molecule has 0 radical (unpaired) electrons. The van der Waals surface area contributed by atoms with E-state index in [9.17, 15) is 9.59 Å². The number of unbranched alkanes of at least 4 members (excludes halogenated alkanes) is 14. The molecule has 0 aliphatic rings. The summed E-state index contributed by atoms with van der Waals surface area (Å²) in [5.74, 6) is -2.37. The van der Waals surface area contributed by atoms with E-state index in [-0.39, 0.29) is 13.2 Å². The summed E-state index contributed by atoms with van der Waals surface area (Å²) >= 11 is 0. The van der Waals surface area contributed by atoms with Crippen molar-refractivity contribution < 1.29 is 29.1 Å². The van der Waals surface area contributed by atoms with Gasteiger partial charge in [-0.2, -0.15) is 9.78 Å². The van der Waals surface area contributed by atoms with Crippen LogP contribution in [0.25, 0.3) is 0 Å². The highest BCUT2D eigenvalue weighted by atomic mass is 17.2. The average molecular weight is 403 g/mol. The lowest BCUT2D eigenvalue weighted by Crippen LogP contribution is -2.21. The molecule has 0 aromatic rings. The largest absolute Gasteiger partial charge is 0.453 e. The molecule has 0 aliphatic carbocycles. The Morgan fingerprint density at radius 2 is 0.750 bits per heavy atom. The molecule has 0 spiro atoms. The van der Waals surface area contributed by atoms with Crippen LogP contribution in [0.1, 0.15) is 117 Å². The number of carbonyl (C=O) groups excluding carboxylic acids is 2. The molecule has 6 heteroatoms. The molecule has 0 aliphatic heterocycles. The first-order chi connectivity index (χ1) is 13.7. The Morgan fingerprint density at radius 1 is 0.464 bits per heavy atom. The first kappa shape index (κ1) is 26.9. The van der Waals surface area contributed by atoms with Crippen molar-refractivity contribution in [3.63, 3.8) is 0 Å². The summed E-state index contributed by atoms with van der Waals surface area (Å²) in [5, 5.41) is 0. The van der Waals surface area contributed by atoms with Crippen molar-refractivity contribution >= 4 is 11.9 Å². The zero-order chi connectivity index (χ0) is 20.7. The van der Waals surface area contributed by atoms with Crippen LogP contribution >= 0.6 is 0 Å². The second-order valence-electron chi connectivity index (χ2n) is 7.34. The normalized spacial score (nSPS) is 10.8. The maximum atomic E-state index is 11.4. The predicted molar refractivity (Wildman–Crippen MR) is 109 cm³/mol. The van der Waals surface area contributed by atoms with Crippen molar-refractivity contribution in [3.05, 3.63) is 0 Å². The average Bonchev–Trinajstić information content (AvgIpc) is 2.70. The zero-order valence-corrected chi connectivity index (χ0v) is 18.2. The summed E-state index contributed by atoms with van der Waals surface area (Å²) in [6.07, 6.45) is 18.6. The van der Waals surface area contributed by atoms with Crippen molar-refractivity contribution in [2.75, 3.05) is 13.2 Å². The molecular weight excluding hydrogens is 360 g/mol. The lowest BCUT2D eigenvalue weighted by Gasteiger charge is -2.05. The maximum Gasteiger partial charge on any atom is 0.453 e. The quantitative estimate of drug-likeness (QED) is 0.104. The number of hydrogen-bond donors (Lipinski definition) is 0. The van der Waals surface area contributed by atoms with Crippen molar-refractivity contribution in [1.82, 2.24) is 0 Å². The summed E-state index contributed by atoms with van der Waals surface area (Å²) in [7, 11) is 0. The fourth-order valence-electron chi connectivity index (χ4n) is 2.85. The van der Waals surface area contributed by atoms with E-state index in [1.807, 2.05) is 0 Å². The third-order valence-electron chi connectivity index (χ3n) is 4.60. The van der Waals surface area contributed by atoms with Crippen LogP contribution in [0.3, 0.4) is 0 Å². The third kappa shape index (κ3) is 19.6. The highest BCUT2D eigenvalue weighted by Crippen LogP contribution is 2.09. The molecule has 0 fully saturated rings. The molecule has 6 nitrogen and oxygen atoms in total. The fraction of sp³-hybridized carbons (Fsp3) is 0.909. The van der Waals surface area contributed by atoms with Gasteiger partial charge in [-0.3, -0.25) is 9.78 Å². The van der Waals surface area contributed by atoms with Crippen molar-refractivity contribution in [1.29, 1.82) is 0 Å². The predicted octanol–water partition coefficient (Wildman–Crippen LogP) is 6.22. The molecule has 0 unspecified atom stereocenters. The molecule has 0 aromatic heterocycles. The Hall–Kier alpha value is -1.14. The van der Waals surface area contributed by atoms with E-state index in [1.54, 1.807) is 0 Å². The van der Waals surface area contributed by atoms with Gasteiger partial charge in [0.05, 0.1) is 13.2 Å². The molecule has 0 atom stereocenters. The van der Waals surface area contributed by atoms with Gasteiger partial charge >= 0.3 is 11.9 Å². The fourth-order valence-corrected chi connectivity index (χ4v) is 2.85. The molecule has 0 bridgehead atoms. The zero-order valence-electron chi connectivity index (χ0n) is 18.2. The van der Waals surface area contributed by atoms with Gasteiger partial charge in [0.25, 0.3) is 0 Å². The Bertz CT molecular complexity index is 325. The summed E-state index contributed by atoms with van der Waals surface area (Å²) in [6, 6.07) is 0. The van der Waals surface area contributed by atoms with Crippen LogP contribution < -0.4 is 0 Å². The maximum absolute atomic E-state index is 11.4. The molecule has 0 amide bonds. The van der Waals surface area contributed by atoms with E-state index < -0.39 is 11.9 Å². The van der Waals surface area contributed by atoms with Crippen LogP contribution in [0.2, 0.25) is 0 Å². The van der Waals surface area contributed by atoms with Gasteiger partial charge in [-0.25, -0.2) is 9.59 Å². The van der Waals surface area contributed by atoms with Gasteiger partial charge in [-0.1, -0.05) is 104 Å². The number of rotatable bonds is 20. The van der Waals surface area contributed by atoms with Crippen molar-refractivity contribution in [2.24, 2.45) is 0 Å². The Kier molecular flexibility index (Phi) is 21.3. The molecule has 28 heavy (non-hydrogen) atoms. The Labute approximate surface area is 171 Å². The van der Waals surface area contributed by atoms with E-state index in [2.05, 4.69) is 23.6 Å². The van der Waals surface area contributed by atoms with Crippen molar-refractivity contribution in [3.8, 4) is 0 Å². The lowest BCUT2D eigenvalue weighted by molar-refractivity contribution is -0.296. The first-order valence-corrected chi connectivity index (χ1v) is 11.4. The van der Waals surface area contributed by atoms with Crippen LogP contribution in [-0.4, -0.2) is 25.2 Å². The molecule has 0 rings (SSSR count). The topological polar surface area (TPSA) is 71.1 Å². The molecule has 0 N–H and O–H groups in total. The van der Waals surface area contributed by atoms with Gasteiger partial charge in [0, 0.05) is 0 Å². The highest BCUT2D eigenvalue weighted by Gasteiger charge is 2.20. The van der Waals surface area contributed by atoms with Gasteiger partial charge in [-0.15, -0.1) is 0 Å². The lowest BCUT2D eigenvalue weighted by atomic mass is 10.1. The van der Waals surface area contributed by atoms with E-state index in [0.717, 1.165) is 38.5 Å². The third-order valence-corrected chi connectivity index (χ3v) is 4.60. The van der Waals surface area contributed by atoms with E-state index in [4.69, 9.17) is 9.78 Å². The monoisotopic (exact) mass is 402 g/mol. The Morgan fingerprint density at radius 3 is 1.07 bits per heavy atom. The summed E-state index contributed by atoms with van der Waals surface area (Å²) in [5.41, 5.74) is 0. The van der Waals surface area contributed by atoms with Gasteiger partial charge in [-0.05, 0) is 12.8 Å². The summed E-state index contributed by atoms with van der Waals surface area (Å²) in [6.45, 7) is 4.98. The van der Waals surface area contributed by atoms with Gasteiger partial charge in [0.1, 0.15) is 0 Å². The molecule has 0 aromatic carbocycles. The second kappa shape index (κ2) is 22.2. The number of carbonyl (C=O) groups is 2.